The normalized spacial score (nSPS) is 17.7. The van der Waals surface area contributed by atoms with E-state index in [1.165, 1.54) is 0 Å². The summed E-state index contributed by atoms with van der Waals surface area (Å²) in [6.45, 7) is 4.39. The first-order chi connectivity index (χ1) is 11.4. The third-order valence-corrected chi connectivity index (χ3v) is 3.24. The van der Waals surface area contributed by atoms with Crippen LogP contribution >= 0.6 is 11.6 Å². The van der Waals surface area contributed by atoms with Gasteiger partial charge in [0.05, 0.1) is 5.69 Å². The van der Waals surface area contributed by atoms with E-state index in [-0.39, 0.29) is 10.7 Å². The molecule has 2 amide bonds. The van der Waals surface area contributed by atoms with Crippen molar-refractivity contribution in [2.45, 2.75) is 38.6 Å². The van der Waals surface area contributed by atoms with Crippen LogP contribution in [0.1, 0.15) is 26.3 Å². The first kappa shape index (κ1) is 19.2. The van der Waals surface area contributed by atoms with Crippen LogP contribution in [0.3, 0.4) is 0 Å². The van der Waals surface area contributed by atoms with Gasteiger partial charge in [-0.25, -0.2) is 4.79 Å². The molecule has 0 aromatic heterocycles. The van der Waals surface area contributed by atoms with Crippen LogP contribution in [0, 0.1) is 0 Å². The summed E-state index contributed by atoms with van der Waals surface area (Å²) in [6.07, 6.45) is -5.62. The average molecular weight is 381 g/mol. The molecule has 2 rings (SSSR count). The minimum atomic E-state index is -4.72. The number of hydrogen-bond donors (Lipinski definition) is 2. The van der Waals surface area contributed by atoms with E-state index in [0.29, 0.717) is 6.07 Å². The van der Waals surface area contributed by atoms with Crippen molar-refractivity contribution in [2.75, 3.05) is 11.9 Å². The van der Waals surface area contributed by atoms with Crippen LogP contribution in [-0.4, -0.2) is 30.3 Å². The number of alkyl carbamates (subject to hydrolysis) is 1. The van der Waals surface area contributed by atoms with E-state index in [1.54, 1.807) is 20.8 Å². The highest BCUT2D eigenvalue weighted by Gasteiger charge is 2.38. The van der Waals surface area contributed by atoms with Crippen LogP contribution in [0.4, 0.5) is 23.7 Å². The smallest absolute Gasteiger partial charge is 0.420 e. The van der Waals surface area contributed by atoms with Crippen LogP contribution < -0.4 is 15.4 Å². The van der Waals surface area contributed by atoms with E-state index in [9.17, 15) is 22.8 Å². The number of halogens is 4. The van der Waals surface area contributed by atoms with Gasteiger partial charge in [0, 0.05) is 5.02 Å². The van der Waals surface area contributed by atoms with Crippen molar-refractivity contribution in [1.29, 1.82) is 0 Å². The Morgan fingerprint density at radius 1 is 1.36 bits per heavy atom. The van der Waals surface area contributed by atoms with Gasteiger partial charge in [-0.15, -0.1) is 0 Å². The standard InChI is InChI=1S/C15H16ClF3N2O4/c1-14(2,3)25-13(23)21-10-6-24-11-8(15(17,18)19)4-7(16)5-9(11)20-12(10)22/h4-5,10H,6H2,1-3H3,(H,20,22)(H,21,23). The molecule has 138 valence electrons. The Balaban J connectivity index is 2.24. The van der Waals surface area contributed by atoms with Crippen molar-refractivity contribution in [3.8, 4) is 5.75 Å². The van der Waals surface area contributed by atoms with Crippen LogP contribution in [-0.2, 0) is 15.7 Å². The summed E-state index contributed by atoms with van der Waals surface area (Å²) in [7, 11) is 0. The largest absolute Gasteiger partial charge is 0.488 e. The highest BCUT2D eigenvalue weighted by molar-refractivity contribution is 6.31. The Morgan fingerprint density at radius 3 is 2.56 bits per heavy atom. The number of fused-ring (bicyclic) bond motifs is 1. The number of alkyl halides is 3. The number of ether oxygens (including phenoxy) is 2. The molecule has 10 heteroatoms. The Hall–Kier alpha value is -2.16. The number of carbonyl (C=O) groups excluding carboxylic acids is 2. The second kappa shape index (κ2) is 6.62. The molecule has 0 saturated heterocycles. The second-order valence-electron chi connectivity index (χ2n) is 6.33. The van der Waals surface area contributed by atoms with Gasteiger partial charge in [-0.3, -0.25) is 4.79 Å². The molecule has 1 aromatic rings. The van der Waals surface area contributed by atoms with E-state index in [2.05, 4.69) is 10.6 Å². The molecule has 1 aliphatic heterocycles. The molecule has 0 saturated carbocycles. The topological polar surface area (TPSA) is 76.7 Å². The molecule has 1 aliphatic rings. The Labute approximate surface area is 146 Å². The lowest BCUT2D eigenvalue weighted by Crippen LogP contribution is -2.48. The maximum Gasteiger partial charge on any atom is 0.420 e. The van der Waals surface area contributed by atoms with Gasteiger partial charge in [0.15, 0.2) is 5.75 Å². The third kappa shape index (κ3) is 4.91. The molecule has 0 radical (unpaired) electrons. The number of rotatable bonds is 1. The lowest BCUT2D eigenvalue weighted by molar-refractivity contribution is -0.138. The third-order valence-electron chi connectivity index (χ3n) is 3.02. The van der Waals surface area contributed by atoms with Crippen LogP contribution in [0.25, 0.3) is 0 Å². The van der Waals surface area contributed by atoms with E-state index < -0.39 is 47.7 Å². The molecule has 0 spiro atoms. The van der Waals surface area contributed by atoms with E-state index >= 15 is 0 Å². The minimum absolute atomic E-state index is 0.214. The molecule has 1 heterocycles. The zero-order valence-corrected chi connectivity index (χ0v) is 14.3. The summed E-state index contributed by atoms with van der Waals surface area (Å²) in [5, 5.41) is 4.32. The van der Waals surface area contributed by atoms with Crippen molar-refractivity contribution in [1.82, 2.24) is 5.32 Å². The fraction of sp³-hybridized carbons (Fsp3) is 0.467. The average Bonchev–Trinajstić information content (AvgIpc) is 2.54. The molecule has 6 nitrogen and oxygen atoms in total. The summed E-state index contributed by atoms with van der Waals surface area (Å²) in [5.41, 5.74) is -2.14. The zero-order valence-electron chi connectivity index (χ0n) is 13.6. The molecule has 0 aliphatic carbocycles. The molecule has 1 aromatic carbocycles. The van der Waals surface area contributed by atoms with Crippen LogP contribution in [0.2, 0.25) is 5.02 Å². The van der Waals surface area contributed by atoms with Gasteiger partial charge < -0.3 is 20.1 Å². The first-order valence-corrected chi connectivity index (χ1v) is 7.58. The predicted molar refractivity (Wildman–Crippen MR) is 83.7 cm³/mol. The van der Waals surface area contributed by atoms with E-state index in [1.807, 2.05) is 0 Å². The second-order valence-corrected chi connectivity index (χ2v) is 6.76. The van der Waals surface area contributed by atoms with Crippen molar-refractivity contribution >= 4 is 29.3 Å². The van der Waals surface area contributed by atoms with Gasteiger partial charge >= 0.3 is 12.3 Å². The predicted octanol–water partition coefficient (Wildman–Crippen LogP) is 3.58. The zero-order chi connectivity index (χ0) is 19.0. The number of amides is 2. The molecule has 2 N–H and O–H groups in total. The molecule has 1 atom stereocenters. The van der Waals surface area contributed by atoms with Crippen molar-refractivity contribution in [3.63, 3.8) is 0 Å². The fourth-order valence-corrected chi connectivity index (χ4v) is 2.29. The van der Waals surface area contributed by atoms with E-state index in [0.717, 1.165) is 6.07 Å². The molecule has 0 fully saturated rings. The highest BCUT2D eigenvalue weighted by Crippen LogP contribution is 2.43. The summed E-state index contributed by atoms with van der Waals surface area (Å²) in [6, 6.07) is 0.607. The lowest BCUT2D eigenvalue weighted by atomic mass is 10.1. The fourth-order valence-electron chi connectivity index (χ4n) is 2.07. The number of hydrogen-bond acceptors (Lipinski definition) is 4. The monoisotopic (exact) mass is 380 g/mol. The maximum atomic E-state index is 13.1. The van der Waals surface area contributed by atoms with Gasteiger partial charge in [-0.05, 0) is 32.9 Å². The quantitative estimate of drug-likeness (QED) is 0.780. The molecular formula is C15H16ClF3N2O4. The van der Waals surface area contributed by atoms with Crippen LogP contribution in [0.5, 0.6) is 5.75 Å². The molecule has 25 heavy (non-hydrogen) atoms. The molecule has 1 unspecified atom stereocenters. The minimum Gasteiger partial charge on any atom is -0.488 e. The summed E-state index contributed by atoms with van der Waals surface area (Å²) < 4.78 is 49.6. The van der Waals surface area contributed by atoms with Gasteiger partial charge in [0.25, 0.3) is 5.91 Å². The first-order valence-electron chi connectivity index (χ1n) is 7.21. The Morgan fingerprint density at radius 2 is 2.00 bits per heavy atom. The summed E-state index contributed by atoms with van der Waals surface area (Å²) in [4.78, 5) is 23.9. The SMILES string of the molecule is CC(C)(C)OC(=O)NC1COc2c(cc(Cl)cc2C(F)(F)F)NC1=O. The highest BCUT2D eigenvalue weighted by atomic mass is 35.5. The molecule has 0 bridgehead atoms. The number of anilines is 1. The van der Waals surface area contributed by atoms with Crippen molar-refractivity contribution in [3.05, 3.63) is 22.7 Å². The van der Waals surface area contributed by atoms with Gasteiger partial charge in [0.1, 0.15) is 23.8 Å². The van der Waals surface area contributed by atoms with Crippen LogP contribution in [0.15, 0.2) is 12.1 Å². The van der Waals surface area contributed by atoms with Gasteiger partial charge in [-0.2, -0.15) is 13.2 Å². The van der Waals surface area contributed by atoms with Crippen molar-refractivity contribution in [2.24, 2.45) is 0 Å². The molecular weight excluding hydrogens is 365 g/mol. The van der Waals surface area contributed by atoms with Gasteiger partial charge in [0.2, 0.25) is 0 Å². The number of benzene rings is 1. The maximum absolute atomic E-state index is 13.1. The number of nitrogens with one attached hydrogen (secondary N) is 2. The summed E-state index contributed by atoms with van der Waals surface area (Å²) in [5.74, 6) is -1.31. The summed E-state index contributed by atoms with van der Waals surface area (Å²) >= 11 is 5.69. The lowest BCUT2D eigenvalue weighted by Gasteiger charge is -2.22. The van der Waals surface area contributed by atoms with E-state index in [4.69, 9.17) is 21.1 Å². The number of carbonyl (C=O) groups is 2. The Bertz CT molecular complexity index is 701. The Kier molecular flexibility index (Phi) is 5.08. The van der Waals surface area contributed by atoms with Gasteiger partial charge in [-0.1, -0.05) is 11.6 Å². The van der Waals surface area contributed by atoms with Crippen molar-refractivity contribution < 1.29 is 32.2 Å².